The third-order valence-corrected chi connectivity index (χ3v) is 2.85. The lowest BCUT2D eigenvalue weighted by molar-refractivity contribution is -0.115. The number of amides is 1. The lowest BCUT2D eigenvalue weighted by Crippen LogP contribution is -2.16. The first-order valence-corrected chi connectivity index (χ1v) is 6.08. The van der Waals surface area contributed by atoms with E-state index in [1.54, 1.807) is 24.3 Å². The Labute approximate surface area is 119 Å². The van der Waals surface area contributed by atoms with E-state index in [0.717, 1.165) is 12.1 Å². The molecule has 2 rings (SSSR count). The Kier molecular flexibility index (Phi) is 4.47. The van der Waals surface area contributed by atoms with Crippen molar-refractivity contribution < 1.29 is 22.7 Å². The summed E-state index contributed by atoms with van der Waals surface area (Å²) in [5.41, 5.74) is 0.189. The molecule has 0 radical (unpaired) electrons. The maximum absolute atomic E-state index is 13.5. The van der Waals surface area contributed by atoms with E-state index < -0.39 is 29.0 Å². The van der Waals surface area contributed by atoms with Gasteiger partial charge in [-0.1, -0.05) is 18.2 Å². The number of hydrogen-bond donors (Lipinski definition) is 1. The number of rotatable bonds is 4. The van der Waals surface area contributed by atoms with Gasteiger partial charge in [0.15, 0.2) is 17.5 Å². The van der Waals surface area contributed by atoms with Crippen LogP contribution in [0, 0.1) is 17.5 Å². The molecule has 0 bridgehead atoms. The molecule has 0 atom stereocenters. The standard InChI is InChI=1S/C15H12F3NO2/c1-21-12-5-3-2-4-9(12)8-13(20)19-11-7-6-10(16)14(17)15(11)18/h2-7H,8H2,1H3,(H,19,20). The SMILES string of the molecule is COc1ccccc1CC(=O)Nc1ccc(F)c(F)c1F. The van der Waals surface area contributed by atoms with E-state index in [2.05, 4.69) is 5.32 Å². The van der Waals surface area contributed by atoms with E-state index in [4.69, 9.17) is 4.74 Å². The van der Waals surface area contributed by atoms with Crippen molar-refractivity contribution in [2.75, 3.05) is 12.4 Å². The van der Waals surface area contributed by atoms with E-state index in [0.29, 0.717) is 11.3 Å². The topological polar surface area (TPSA) is 38.3 Å². The molecule has 21 heavy (non-hydrogen) atoms. The van der Waals surface area contributed by atoms with Crippen LogP contribution < -0.4 is 10.1 Å². The smallest absolute Gasteiger partial charge is 0.229 e. The van der Waals surface area contributed by atoms with Gasteiger partial charge >= 0.3 is 0 Å². The number of halogens is 3. The van der Waals surface area contributed by atoms with Crippen LogP contribution in [0.25, 0.3) is 0 Å². The Morgan fingerprint density at radius 2 is 1.81 bits per heavy atom. The lowest BCUT2D eigenvalue weighted by Gasteiger charge is -2.09. The highest BCUT2D eigenvalue weighted by molar-refractivity contribution is 5.92. The Morgan fingerprint density at radius 1 is 1.10 bits per heavy atom. The second-order valence-corrected chi connectivity index (χ2v) is 4.26. The van der Waals surface area contributed by atoms with Crippen molar-refractivity contribution in [3.8, 4) is 5.75 Å². The van der Waals surface area contributed by atoms with Crippen molar-refractivity contribution in [1.82, 2.24) is 0 Å². The fourth-order valence-electron chi connectivity index (χ4n) is 1.84. The summed E-state index contributed by atoms with van der Waals surface area (Å²) in [5, 5.41) is 2.20. The first kappa shape index (κ1) is 14.9. The van der Waals surface area contributed by atoms with Crippen molar-refractivity contribution >= 4 is 11.6 Å². The number of ether oxygens (including phenoxy) is 1. The summed E-state index contributed by atoms with van der Waals surface area (Å²) in [5.74, 6) is -4.41. The average molecular weight is 295 g/mol. The van der Waals surface area contributed by atoms with Crippen LogP contribution in [0.3, 0.4) is 0 Å². The van der Waals surface area contributed by atoms with Crippen molar-refractivity contribution in [1.29, 1.82) is 0 Å². The molecule has 0 aliphatic carbocycles. The molecule has 0 saturated heterocycles. The molecule has 2 aromatic carbocycles. The zero-order valence-corrected chi connectivity index (χ0v) is 11.1. The summed E-state index contributed by atoms with van der Waals surface area (Å²) >= 11 is 0. The number of nitrogens with one attached hydrogen (secondary N) is 1. The van der Waals surface area contributed by atoms with Gasteiger partial charge < -0.3 is 10.1 Å². The molecular weight excluding hydrogens is 283 g/mol. The highest BCUT2D eigenvalue weighted by Crippen LogP contribution is 2.21. The van der Waals surface area contributed by atoms with Gasteiger partial charge in [-0.2, -0.15) is 0 Å². The maximum Gasteiger partial charge on any atom is 0.229 e. The largest absolute Gasteiger partial charge is 0.496 e. The molecule has 0 heterocycles. The first-order valence-electron chi connectivity index (χ1n) is 6.08. The molecular formula is C15H12F3NO2. The average Bonchev–Trinajstić information content (AvgIpc) is 2.48. The summed E-state index contributed by atoms with van der Waals surface area (Å²) in [6.45, 7) is 0. The maximum atomic E-state index is 13.5. The van der Waals surface area contributed by atoms with E-state index >= 15 is 0 Å². The summed E-state index contributed by atoms with van der Waals surface area (Å²) in [7, 11) is 1.46. The first-order chi connectivity index (χ1) is 10.0. The molecule has 0 aromatic heterocycles. The zero-order chi connectivity index (χ0) is 15.4. The van der Waals surface area contributed by atoms with Gasteiger partial charge in [-0.05, 0) is 18.2 Å². The van der Waals surface area contributed by atoms with Crippen LogP contribution in [0.15, 0.2) is 36.4 Å². The second kappa shape index (κ2) is 6.30. The predicted octanol–water partition coefficient (Wildman–Crippen LogP) is 3.29. The van der Waals surface area contributed by atoms with Gasteiger partial charge in [0.2, 0.25) is 5.91 Å². The van der Waals surface area contributed by atoms with Gasteiger partial charge in [-0.15, -0.1) is 0 Å². The molecule has 0 unspecified atom stereocenters. The molecule has 0 aliphatic rings. The number of methoxy groups -OCH3 is 1. The second-order valence-electron chi connectivity index (χ2n) is 4.26. The van der Waals surface area contributed by atoms with E-state index in [-0.39, 0.29) is 6.42 Å². The van der Waals surface area contributed by atoms with Gasteiger partial charge in [-0.25, -0.2) is 13.2 Å². The molecule has 6 heteroatoms. The fraction of sp³-hybridized carbons (Fsp3) is 0.133. The third kappa shape index (κ3) is 3.34. The third-order valence-electron chi connectivity index (χ3n) is 2.85. The molecule has 1 N–H and O–H groups in total. The number of carbonyl (C=O) groups excluding carboxylic acids is 1. The number of anilines is 1. The van der Waals surface area contributed by atoms with Gasteiger partial charge in [-0.3, -0.25) is 4.79 Å². The van der Waals surface area contributed by atoms with Crippen LogP contribution >= 0.6 is 0 Å². The molecule has 2 aromatic rings. The Balaban J connectivity index is 2.14. The van der Waals surface area contributed by atoms with Crippen molar-refractivity contribution in [2.45, 2.75) is 6.42 Å². The highest BCUT2D eigenvalue weighted by Gasteiger charge is 2.16. The van der Waals surface area contributed by atoms with Gasteiger partial charge in [0, 0.05) is 5.56 Å². The monoisotopic (exact) mass is 295 g/mol. The number of para-hydroxylation sites is 1. The molecule has 0 saturated carbocycles. The van der Waals surface area contributed by atoms with Crippen LogP contribution in [-0.4, -0.2) is 13.0 Å². The summed E-state index contributed by atoms with van der Waals surface area (Å²) in [6.07, 6.45) is -0.0809. The van der Waals surface area contributed by atoms with Crippen LogP contribution in [0.4, 0.5) is 18.9 Å². The molecule has 3 nitrogen and oxygen atoms in total. The molecule has 0 spiro atoms. The van der Waals surface area contributed by atoms with Crippen molar-refractivity contribution in [3.63, 3.8) is 0 Å². The minimum atomic E-state index is -1.62. The number of benzene rings is 2. The molecule has 110 valence electrons. The Hall–Kier alpha value is -2.50. The molecule has 0 aliphatic heterocycles. The summed E-state index contributed by atoms with van der Waals surface area (Å²) < 4.78 is 44.4. The minimum absolute atomic E-state index is 0.0809. The Morgan fingerprint density at radius 3 is 2.52 bits per heavy atom. The Bertz CT molecular complexity index is 674. The number of carbonyl (C=O) groups is 1. The summed E-state index contributed by atoms with van der Waals surface area (Å²) in [4.78, 5) is 11.8. The highest BCUT2D eigenvalue weighted by atomic mass is 19.2. The molecule has 1 amide bonds. The van der Waals surface area contributed by atoms with Crippen molar-refractivity contribution in [2.24, 2.45) is 0 Å². The quantitative estimate of drug-likeness (QED) is 0.879. The van der Waals surface area contributed by atoms with Gasteiger partial charge in [0.25, 0.3) is 0 Å². The van der Waals surface area contributed by atoms with E-state index in [9.17, 15) is 18.0 Å². The molecule has 0 fully saturated rings. The van der Waals surface area contributed by atoms with Gasteiger partial charge in [0.1, 0.15) is 5.75 Å². The predicted molar refractivity (Wildman–Crippen MR) is 71.6 cm³/mol. The van der Waals surface area contributed by atoms with Crippen LogP contribution in [-0.2, 0) is 11.2 Å². The van der Waals surface area contributed by atoms with Crippen LogP contribution in [0.2, 0.25) is 0 Å². The van der Waals surface area contributed by atoms with E-state index in [1.165, 1.54) is 7.11 Å². The fourth-order valence-corrected chi connectivity index (χ4v) is 1.84. The summed E-state index contributed by atoms with van der Waals surface area (Å²) in [6, 6.07) is 8.55. The minimum Gasteiger partial charge on any atom is -0.496 e. The van der Waals surface area contributed by atoms with E-state index in [1.807, 2.05) is 0 Å². The lowest BCUT2D eigenvalue weighted by atomic mass is 10.1. The van der Waals surface area contributed by atoms with Crippen LogP contribution in [0.5, 0.6) is 5.75 Å². The normalized spacial score (nSPS) is 10.3. The van der Waals surface area contributed by atoms with Gasteiger partial charge in [0.05, 0.1) is 19.2 Å². The van der Waals surface area contributed by atoms with Crippen molar-refractivity contribution in [3.05, 3.63) is 59.4 Å². The zero-order valence-electron chi connectivity index (χ0n) is 11.1. The number of hydrogen-bond acceptors (Lipinski definition) is 2. The van der Waals surface area contributed by atoms with Crippen LogP contribution in [0.1, 0.15) is 5.56 Å².